The van der Waals surface area contributed by atoms with Crippen LogP contribution in [-0.4, -0.2) is 15.9 Å². The van der Waals surface area contributed by atoms with Crippen LogP contribution in [-0.2, 0) is 13.1 Å². The van der Waals surface area contributed by atoms with Gasteiger partial charge in [-0.3, -0.25) is 4.79 Å². The summed E-state index contributed by atoms with van der Waals surface area (Å²) in [5.41, 5.74) is 1.35. The van der Waals surface area contributed by atoms with E-state index in [1.54, 1.807) is 18.5 Å². The Morgan fingerprint density at radius 3 is 2.70 bits per heavy atom. The summed E-state index contributed by atoms with van der Waals surface area (Å²) in [7, 11) is 0. The predicted octanol–water partition coefficient (Wildman–Crippen LogP) is 2.61. The molecule has 6 nitrogen and oxygen atoms in total. The second kappa shape index (κ2) is 7.22. The van der Waals surface area contributed by atoms with E-state index in [4.69, 9.17) is 4.42 Å². The highest BCUT2D eigenvalue weighted by Gasteiger charge is 2.08. The lowest BCUT2D eigenvalue weighted by atomic mass is 10.2. The third kappa shape index (κ3) is 4.16. The van der Waals surface area contributed by atoms with Crippen molar-refractivity contribution in [2.45, 2.75) is 13.1 Å². The summed E-state index contributed by atoms with van der Waals surface area (Å²) in [5.74, 6) is 0.915. The first-order chi connectivity index (χ1) is 11.3. The van der Waals surface area contributed by atoms with Crippen LogP contribution in [0.5, 0.6) is 0 Å². The van der Waals surface area contributed by atoms with E-state index >= 15 is 0 Å². The van der Waals surface area contributed by atoms with E-state index < -0.39 is 0 Å². The third-order valence-corrected chi connectivity index (χ3v) is 3.18. The molecule has 0 saturated heterocycles. The van der Waals surface area contributed by atoms with E-state index in [2.05, 4.69) is 20.6 Å². The van der Waals surface area contributed by atoms with Gasteiger partial charge in [0.25, 0.3) is 5.91 Å². The van der Waals surface area contributed by atoms with Gasteiger partial charge in [-0.05, 0) is 23.8 Å². The normalized spacial score (nSPS) is 10.3. The minimum Gasteiger partial charge on any atom is -0.467 e. The molecule has 1 aromatic carbocycles. The molecule has 2 N–H and O–H groups in total. The minimum atomic E-state index is -0.239. The van der Waals surface area contributed by atoms with E-state index in [1.807, 2.05) is 42.5 Å². The predicted molar refractivity (Wildman–Crippen MR) is 85.7 cm³/mol. The minimum absolute atomic E-state index is 0.239. The second-order valence-electron chi connectivity index (χ2n) is 4.87. The van der Waals surface area contributed by atoms with Crippen molar-refractivity contribution in [1.29, 1.82) is 0 Å². The van der Waals surface area contributed by atoms with Crippen molar-refractivity contribution in [1.82, 2.24) is 15.3 Å². The average molecular weight is 308 g/mol. The summed E-state index contributed by atoms with van der Waals surface area (Å²) in [4.78, 5) is 20.5. The van der Waals surface area contributed by atoms with Crippen molar-refractivity contribution < 1.29 is 9.21 Å². The van der Waals surface area contributed by atoms with Crippen LogP contribution in [0.25, 0.3) is 0 Å². The molecule has 0 aliphatic heterocycles. The molecule has 0 saturated carbocycles. The van der Waals surface area contributed by atoms with Gasteiger partial charge in [0.15, 0.2) is 0 Å². The van der Waals surface area contributed by atoms with Crippen LogP contribution in [0, 0.1) is 0 Å². The Bertz CT molecular complexity index is 757. The van der Waals surface area contributed by atoms with Gasteiger partial charge in [0, 0.05) is 12.7 Å². The molecule has 0 radical (unpaired) electrons. The number of carbonyl (C=O) groups excluding carboxylic acids is 1. The van der Waals surface area contributed by atoms with Crippen LogP contribution in [0.15, 0.2) is 65.4 Å². The van der Waals surface area contributed by atoms with Gasteiger partial charge in [-0.15, -0.1) is 0 Å². The van der Waals surface area contributed by atoms with Crippen LogP contribution in [0.2, 0.25) is 0 Å². The fourth-order valence-corrected chi connectivity index (χ4v) is 2.02. The maximum atomic E-state index is 12.2. The lowest BCUT2D eigenvalue weighted by Gasteiger charge is -2.07. The molecule has 3 aromatic rings. The first kappa shape index (κ1) is 14.8. The zero-order valence-corrected chi connectivity index (χ0v) is 12.4. The van der Waals surface area contributed by atoms with Crippen LogP contribution in [0.3, 0.4) is 0 Å². The summed E-state index contributed by atoms with van der Waals surface area (Å²) in [6.45, 7) is 0.918. The van der Waals surface area contributed by atoms with Crippen LogP contribution >= 0.6 is 0 Å². The number of benzene rings is 1. The number of hydrogen-bond donors (Lipinski definition) is 2. The molecule has 116 valence electrons. The molecular formula is C17H16N4O2. The Kier molecular flexibility index (Phi) is 4.63. The number of carbonyl (C=O) groups is 1. The van der Waals surface area contributed by atoms with Crippen molar-refractivity contribution in [3.8, 4) is 0 Å². The molecule has 2 heterocycles. The molecule has 6 heteroatoms. The highest BCUT2D eigenvalue weighted by Crippen LogP contribution is 2.06. The lowest BCUT2D eigenvalue weighted by Crippen LogP contribution is -2.24. The van der Waals surface area contributed by atoms with Gasteiger partial charge < -0.3 is 15.1 Å². The van der Waals surface area contributed by atoms with Gasteiger partial charge >= 0.3 is 0 Å². The molecule has 0 bridgehead atoms. The highest BCUT2D eigenvalue weighted by atomic mass is 16.3. The first-order valence-corrected chi connectivity index (χ1v) is 7.23. The van der Waals surface area contributed by atoms with Crippen molar-refractivity contribution in [3.05, 3.63) is 78.0 Å². The number of nitrogens with one attached hydrogen (secondary N) is 2. The van der Waals surface area contributed by atoms with E-state index in [-0.39, 0.29) is 5.91 Å². The van der Waals surface area contributed by atoms with Crippen molar-refractivity contribution in [2.75, 3.05) is 5.32 Å². The molecule has 0 atom stereocenters. The van der Waals surface area contributed by atoms with Crippen LogP contribution in [0.1, 0.15) is 21.8 Å². The van der Waals surface area contributed by atoms with E-state index in [9.17, 15) is 4.79 Å². The summed E-state index contributed by atoms with van der Waals surface area (Å²) in [6, 6.07) is 15.0. The maximum Gasteiger partial charge on any atom is 0.270 e. The average Bonchev–Trinajstić information content (AvgIpc) is 3.12. The van der Waals surface area contributed by atoms with Crippen LogP contribution in [0.4, 0.5) is 5.95 Å². The first-order valence-electron chi connectivity index (χ1n) is 7.23. The second-order valence-corrected chi connectivity index (χ2v) is 4.87. The van der Waals surface area contributed by atoms with Crippen molar-refractivity contribution >= 4 is 11.9 Å². The molecular weight excluding hydrogens is 292 g/mol. The van der Waals surface area contributed by atoms with Gasteiger partial charge in [-0.1, -0.05) is 30.3 Å². The Balaban J connectivity index is 1.58. The van der Waals surface area contributed by atoms with E-state index in [1.165, 1.54) is 0 Å². The Morgan fingerprint density at radius 2 is 1.91 bits per heavy atom. The molecule has 0 unspecified atom stereocenters. The number of amides is 1. The standard InChI is InChI=1S/C17H16N4O2/c22-16(19-11-13-5-2-1-3-6-13)15-8-9-18-17(21-15)20-12-14-7-4-10-23-14/h1-10H,11-12H2,(H,19,22)(H,18,20,21). The smallest absolute Gasteiger partial charge is 0.270 e. The quantitative estimate of drug-likeness (QED) is 0.731. The molecule has 0 aliphatic rings. The molecule has 2 aromatic heterocycles. The summed E-state index contributed by atoms with van der Waals surface area (Å²) < 4.78 is 5.22. The third-order valence-electron chi connectivity index (χ3n) is 3.18. The zero-order valence-electron chi connectivity index (χ0n) is 12.4. The van der Waals surface area contributed by atoms with E-state index in [0.29, 0.717) is 24.7 Å². The zero-order chi connectivity index (χ0) is 15.9. The Labute approximate surface area is 133 Å². The molecule has 3 rings (SSSR count). The summed E-state index contributed by atoms with van der Waals surface area (Å²) in [5, 5.41) is 5.86. The fourth-order valence-electron chi connectivity index (χ4n) is 2.02. The number of aromatic nitrogens is 2. The Morgan fingerprint density at radius 1 is 1.04 bits per heavy atom. The number of anilines is 1. The molecule has 23 heavy (non-hydrogen) atoms. The van der Waals surface area contributed by atoms with Crippen LogP contribution < -0.4 is 10.6 Å². The van der Waals surface area contributed by atoms with Gasteiger partial charge in [-0.2, -0.15) is 0 Å². The van der Waals surface area contributed by atoms with Gasteiger partial charge in [0.05, 0.1) is 12.8 Å². The van der Waals surface area contributed by atoms with Gasteiger partial charge in [-0.25, -0.2) is 9.97 Å². The number of furan rings is 1. The summed E-state index contributed by atoms with van der Waals surface area (Å²) in [6.07, 6.45) is 3.15. The topological polar surface area (TPSA) is 80.0 Å². The van der Waals surface area contributed by atoms with E-state index in [0.717, 1.165) is 11.3 Å². The lowest BCUT2D eigenvalue weighted by molar-refractivity contribution is 0.0946. The number of hydrogen-bond acceptors (Lipinski definition) is 5. The Hall–Kier alpha value is -3.15. The monoisotopic (exact) mass is 308 g/mol. The fraction of sp³-hybridized carbons (Fsp3) is 0.118. The van der Waals surface area contributed by atoms with Crippen molar-refractivity contribution in [2.24, 2.45) is 0 Å². The maximum absolute atomic E-state index is 12.2. The molecule has 0 spiro atoms. The summed E-state index contributed by atoms with van der Waals surface area (Å²) >= 11 is 0. The molecule has 0 fully saturated rings. The molecule has 0 aliphatic carbocycles. The molecule has 1 amide bonds. The van der Waals surface area contributed by atoms with Crippen molar-refractivity contribution in [3.63, 3.8) is 0 Å². The largest absolute Gasteiger partial charge is 0.467 e. The van der Waals surface area contributed by atoms with Gasteiger partial charge in [0.2, 0.25) is 5.95 Å². The SMILES string of the molecule is O=C(NCc1ccccc1)c1ccnc(NCc2ccco2)n1. The highest BCUT2D eigenvalue weighted by molar-refractivity contribution is 5.92. The van der Waals surface area contributed by atoms with Gasteiger partial charge in [0.1, 0.15) is 11.5 Å². The number of rotatable bonds is 6. The number of nitrogens with zero attached hydrogens (tertiary/aromatic N) is 2.